The Balaban J connectivity index is 1.96. The highest BCUT2D eigenvalue weighted by Gasteiger charge is 2.13. The molecule has 2 N–H and O–H groups in total. The molecule has 0 aliphatic rings. The van der Waals surface area contributed by atoms with E-state index in [-0.39, 0.29) is 17.3 Å². The zero-order valence-electron chi connectivity index (χ0n) is 11.8. The van der Waals surface area contributed by atoms with Crippen molar-refractivity contribution in [1.82, 2.24) is 14.5 Å². The van der Waals surface area contributed by atoms with E-state index in [1.165, 1.54) is 37.4 Å². The van der Waals surface area contributed by atoms with Crippen LogP contribution in [0.2, 0.25) is 5.02 Å². The molecule has 1 aromatic carbocycles. The number of hydrogen-bond acceptors (Lipinski definition) is 4. The van der Waals surface area contributed by atoms with E-state index in [1.807, 2.05) is 0 Å². The van der Waals surface area contributed by atoms with Gasteiger partial charge in [0.15, 0.2) is 0 Å². The Labute approximate surface area is 133 Å². The number of halogens is 1. The summed E-state index contributed by atoms with van der Waals surface area (Å²) in [6.07, 6.45) is 3.09. The second-order valence-electron chi connectivity index (χ2n) is 4.52. The van der Waals surface area contributed by atoms with E-state index in [4.69, 9.17) is 11.6 Å². The average Bonchev–Trinajstić information content (AvgIpc) is 2.84. The van der Waals surface area contributed by atoms with Crippen LogP contribution in [0.15, 0.2) is 41.6 Å². The van der Waals surface area contributed by atoms with Gasteiger partial charge in [-0.3, -0.25) is 9.48 Å². The molecule has 1 amide bonds. The summed E-state index contributed by atoms with van der Waals surface area (Å²) in [5.74, 6) is -0.216. The molecule has 1 heterocycles. The Morgan fingerprint density at radius 3 is 2.55 bits per heavy atom. The number of anilines is 1. The number of nitrogens with one attached hydrogen (secondary N) is 2. The minimum Gasteiger partial charge on any atom is -0.326 e. The molecule has 0 radical (unpaired) electrons. The van der Waals surface area contributed by atoms with Crippen LogP contribution in [0.25, 0.3) is 0 Å². The van der Waals surface area contributed by atoms with Gasteiger partial charge in [0.2, 0.25) is 15.9 Å². The predicted molar refractivity (Wildman–Crippen MR) is 83.2 cm³/mol. The molecule has 2 aromatic rings. The fourth-order valence-electron chi connectivity index (χ4n) is 1.76. The number of benzene rings is 1. The summed E-state index contributed by atoms with van der Waals surface area (Å²) in [5.41, 5.74) is 0.539. The van der Waals surface area contributed by atoms with Gasteiger partial charge in [0.1, 0.15) is 0 Å². The average molecular weight is 343 g/mol. The number of amides is 1. The van der Waals surface area contributed by atoms with E-state index in [9.17, 15) is 13.2 Å². The summed E-state index contributed by atoms with van der Waals surface area (Å²) in [4.78, 5) is 11.0. The van der Waals surface area contributed by atoms with E-state index in [1.54, 1.807) is 10.9 Å². The third-order valence-electron chi connectivity index (χ3n) is 2.72. The Morgan fingerprint density at radius 1 is 1.32 bits per heavy atom. The summed E-state index contributed by atoms with van der Waals surface area (Å²) in [5, 5.41) is 7.03. The molecule has 118 valence electrons. The number of rotatable bonds is 6. The number of sulfonamides is 1. The molecular weight excluding hydrogens is 328 g/mol. The first-order chi connectivity index (χ1) is 10.4. The minimum atomic E-state index is -3.61. The molecule has 0 atom stereocenters. The van der Waals surface area contributed by atoms with Crippen molar-refractivity contribution >= 4 is 33.2 Å². The number of aromatic nitrogens is 2. The molecule has 0 unspecified atom stereocenters. The summed E-state index contributed by atoms with van der Waals surface area (Å²) in [6.45, 7) is 1.94. The van der Waals surface area contributed by atoms with Crippen molar-refractivity contribution in [3.8, 4) is 0 Å². The molecule has 0 aliphatic carbocycles. The van der Waals surface area contributed by atoms with Crippen LogP contribution in [0.3, 0.4) is 0 Å². The maximum atomic E-state index is 12.1. The highest BCUT2D eigenvalue weighted by Crippen LogP contribution is 2.13. The van der Waals surface area contributed by atoms with E-state index < -0.39 is 10.0 Å². The number of nitrogens with zero attached hydrogens (tertiary/aromatic N) is 2. The quantitative estimate of drug-likeness (QED) is 0.831. The predicted octanol–water partition coefficient (Wildman–Crippen LogP) is 1.47. The van der Waals surface area contributed by atoms with Crippen LogP contribution < -0.4 is 10.0 Å². The van der Waals surface area contributed by atoms with Crippen molar-refractivity contribution in [3.63, 3.8) is 0 Å². The SMILES string of the molecule is CC(=O)Nc1ccc(S(=O)(=O)NCCn2cc(Cl)cn2)cc1. The first kappa shape index (κ1) is 16.5. The van der Waals surface area contributed by atoms with Gasteiger partial charge in [0.25, 0.3) is 0 Å². The largest absolute Gasteiger partial charge is 0.326 e. The van der Waals surface area contributed by atoms with Gasteiger partial charge >= 0.3 is 0 Å². The van der Waals surface area contributed by atoms with Gasteiger partial charge in [-0.15, -0.1) is 0 Å². The highest BCUT2D eigenvalue weighted by molar-refractivity contribution is 7.89. The van der Waals surface area contributed by atoms with Crippen LogP contribution in [0, 0.1) is 0 Å². The zero-order valence-corrected chi connectivity index (χ0v) is 13.4. The maximum Gasteiger partial charge on any atom is 0.240 e. The van der Waals surface area contributed by atoms with Gasteiger partial charge in [0.05, 0.1) is 22.7 Å². The molecule has 1 aromatic heterocycles. The van der Waals surface area contributed by atoms with Crippen molar-refractivity contribution in [2.45, 2.75) is 18.4 Å². The lowest BCUT2D eigenvalue weighted by molar-refractivity contribution is -0.114. The lowest BCUT2D eigenvalue weighted by atomic mass is 10.3. The summed E-state index contributed by atoms with van der Waals surface area (Å²) >= 11 is 5.72. The molecule has 9 heteroatoms. The summed E-state index contributed by atoms with van der Waals surface area (Å²) in [7, 11) is -3.61. The molecule has 0 bridgehead atoms. The van der Waals surface area contributed by atoms with Gasteiger partial charge in [-0.2, -0.15) is 5.10 Å². The number of carbonyl (C=O) groups is 1. The van der Waals surface area contributed by atoms with Crippen molar-refractivity contribution in [1.29, 1.82) is 0 Å². The fourth-order valence-corrected chi connectivity index (χ4v) is 2.94. The fraction of sp³-hybridized carbons (Fsp3) is 0.231. The van der Waals surface area contributed by atoms with Gasteiger partial charge in [-0.05, 0) is 24.3 Å². The van der Waals surface area contributed by atoms with Crippen LogP contribution in [0.4, 0.5) is 5.69 Å². The lowest BCUT2D eigenvalue weighted by Crippen LogP contribution is -2.27. The van der Waals surface area contributed by atoms with E-state index in [2.05, 4.69) is 15.1 Å². The topological polar surface area (TPSA) is 93.1 Å². The monoisotopic (exact) mass is 342 g/mol. The molecule has 7 nitrogen and oxygen atoms in total. The molecule has 0 fully saturated rings. The van der Waals surface area contributed by atoms with Crippen LogP contribution in [0.5, 0.6) is 0 Å². The Kier molecular flexibility index (Phi) is 5.17. The highest BCUT2D eigenvalue weighted by atomic mass is 35.5. The second-order valence-corrected chi connectivity index (χ2v) is 6.73. The maximum absolute atomic E-state index is 12.1. The van der Waals surface area contributed by atoms with Crippen molar-refractivity contribution < 1.29 is 13.2 Å². The van der Waals surface area contributed by atoms with Gasteiger partial charge in [-0.1, -0.05) is 11.6 Å². The zero-order chi connectivity index (χ0) is 16.2. The Bertz CT molecular complexity index is 756. The lowest BCUT2D eigenvalue weighted by Gasteiger charge is -2.08. The van der Waals surface area contributed by atoms with Crippen LogP contribution >= 0.6 is 11.6 Å². The molecule has 0 saturated heterocycles. The third-order valence-corrected chi connectivity index (χ3v) is 4.39. The van der Waals surface area contributed by atoms with Crippen molar-refractivity contribution in [2.24, 2.45) is 0 Å². The first-order valence-electron chi connectivity index (χ1n) is 6.42. The van der Waals surface area contributed by atoms with Crippen LogP contribution in [-0.4, -0.2) is 30.7 Å². The van der Waals surface area contributed by atoms with E-state index in [0.29, 0.717) is 17.3 Å². The van der Waals surface area contributed by atoms with Crippen LogP contribution in [-0.2, 0) is 21.4 Å². The molecule has 0 spiro atoms. The molecular formula is C13H15ClN4O3S. The third kappa shape index (κ3) is 4.55. The minimum absolute atomic E-state index is 0.125. The smallest absolute Gasteiger partial charge is 0.240 e. The first-order valence-corrected chi connectivity index (χ1v) is 8.28. The Hall–Kier alpha value is -1.90. The Morgan fingerprint density at radius 2 is 2.00 bits per heavy atom. The molecule has 22 heavy (non-hydrogen) atoms. The van der Waals surface area contributed by atoms with Crippen molar-refractivity contribution in [3.05, 3.63) is 41.7 Å². The van der Waals surface area contributed by atoms with Gasteiger partial charge in [-0.25, -0.2) is 13.1 Å². The molecule has 0 aliphatic heterocycles. The standard InChI is InChI=1S/C13H15ClN4O3S/c1-10(19)17-12-2-4-13(5-3-12)22(20,21)16-6-7-18-9-11(14)8-15-18/h2-5,8-9,16H,6-7H2,1H3,(H,17,19). The van der Waals surface area contributed by atoms with E-state index in [0.717, 1.165) is 0 Å². The van der Waals surface area contributed by atoms with Crippen LogP contribution in [0.1, 0.15) is 6.92 Å². The van der Waals surface area contributed by atoms with Gasteiger partial charge in [0, 0.05) is 25.4 Å². The normalized spacial score (nSPS) is 11.4. The summed E-state index contributed by atoms with van der Waals surface area (Å²) < 4.78 is 28.2. The second kappa shape index (κ2) is 6.91. The van der Waals surface area contributed by atoms with Gasteiger partial charge < -0.3 is 5.32 Å². The van der Waals surface area contributed by atoms with Crippen molar-refractivity contribution in [2.75, 3.05) is 11.9 Å². The molecule has 2 rings (SSSR count). The van der Waals surface area contributed by atoms with E-state index >= 15 is 0 Å². The molecule has 0 saturated carbocycles. The number of hydrogen-bond donors (Lipinski definition) is 2. The number of carbonyl (C=O) groups excluding carboxylic acids is 1. The summed E-state index contributed by atoms with van der Waals surface area (Å²) in [6, 6.07) is 5.92.